The Labute approximate surface area is 230 Å². The maximum atomic E-state index is 12.5. The van der Waals surface area contributed by atoms with Gasteiger partial charge < -0.3 is 39.4 Å². The molecule has 38 heavy (non-hydrogen) atoms. The lowest BCUT2D eigenvalue weighted by atomic mass is 9.99. The van der Waals surface area contributed by atoms with Gasteiger partial charge in [-0.25, -0.2) is 0 Å². The maximum absolute atomic E-state index is 12.5. The molecule has 6 unspecified atom stereocenters. The number of aliphatic hydroxyl groups excluding tert-OH is 4. The smallest absolute Gasteiger partial charge is 0.306 e. The van der Waals surface area contributed by atoms with Crippen molar-refractivity contribution in [2.45, 2.75) is 153 Å². The van der Waals surface area contributed by atoms with E-state index in [1.165, 1.54) is 64.2 Å². The molecule has 0 radical (unpaired) electrons. The van der Waals surface area contributed by atoms with E-state index in [1.807, 2.05) is 0 Å². The van der Waals surface area contributed by atoms with Crippen molar-refractivity contribution in [3.8, 4) is 0 Å². The van der Waals surface area contributed by atoms with Crippen LogP contribution in [0.2, 0.25) is 0 Å². The van der Waals surface area contributed by atoms with Crippen LogP contribution in [0, 0.1) is 0 Å². The van der Waals surface area contributed by atoms with Crippen molar-refractivity contribution in [1.82, 2.24) is 0 Å². The molecular weight excluding hydrogens is 492 g/mol. The minimum atomic E-state index is -1.53. The third-order valence-corrected chi connectivity index (χ3v) is 7.02. The number of carbonyl (C=O) groups excluding carboxylic acids is 1. The normalized spacial score (nSPS) is 24.4. The van der Waals surface area contributed by atoms with Crippen LogP contribution in [0.5, 0.6) is 0 Å². The minimum Gasteiger partial charge on any atom is -0.457 e. The van der Waals surface area contributed by atoms with Gasteiger partial charge in [-0.3, -0.25) is 4.79 Å². The van der Waals surface area contributed by atoms with Crippen molar-refractivity contribution >= 4 is 5.97 Å². The van der Waals surface area contributed by atoms with E-state index < -0.39 is 43.4 Å². The van der Waals surface area contributed by atoms with Gasteiger partial charge >= 0.3 is 5.97 Å². The van der Waals surface area contributed by atoms with Crippen molar-refractivity contribution in [2.24, 2.45) is 0 Å². The molecule has 1 saturated heterocycles. The number of unbranched alkanes of at least 4 members (excludes halogenated alkanes) is 13. The predicted octanol–water partition coefficient (Wildman–Crippen LogP) is 4.01. The van der Waals surface area contributed by atoms with Crippen LogP contribution in [-0.4, -0.2) is 89.6 Å². The van der Waals surface area contributed by atoms with Gasteiger partial charge in [0, 0.05) is 13.0 Å². The number of hydrogen-bond acceptors (Lipinski definition) is 9. The second-order valence-electron chi connectivity index (χ2n) is 10.6. The van der Waals surface area contributed by atoms with Gasteiger partial charge in [-0.1, -0.05) is 97.3 Å². The summed E-state index contributed by atoms with van der Waals surface area (Å²) in [6.45, 7) is 4.46. The van der Waals surface area contributed by atoms with Crippen molar-refractivity contribution in [3.63, 3.8) is 0 Å². The molecule has 1 fully saturated rings. The molecule has 0 amide bonds. The summed E-state index contributed by atoms with van der Waals surface area (Å²) in [6.07, 6.45) is 10.1. The second kappa shape index (κ2) is 22.9. The van der Waals surface area contributed by atoms with Crippen LogP contribution >= 0.6 is 0 Å². The highest BCUT2D eigenvalue weighted by Crippen LogP contribution is 2.22. The zero-order valence-electron chi connectivity index (χ0n) is 23.9. The van der Waals surface area contributed by atoms with Crippen LogP contribution in [0.3, 0.4) is 0 Å². The lowest BCUT2D eigenvalue weighted by molar-refractivity contribution is -0.305. The topological polar surface area (TPSA) is 135 Å². The van der Waals surface area contributed by atoms with Gasteiger partial charge in [0.2, 0.25) is 0 Å². The second-order valence-corrected chi connectivity index (χ2v) is 10.6. The fourth-order valence-corrected chi connectivity index (χ4v) is 4.55. The van der Waals surface area contributed by atoms with Crippen LogP contribution in [0.1, 0.15) is 117 Å². The lowest BCUT2D eigenvalue weighted by Gasteiger charge is -2.39. The number of rotatable bonds is 24. The Balaban J connectivity index is 2.43. The van der Waals surface area contributed by atoms with E-state index in [0.717, 1.165) is 32.1 Å². The van der Waals surface area contributed by atoms with E-state index in [-0.39, 0.29) is 19.2 Å². The number of ether oxygens (including phenoxy) is 4. The lowest BCUT2D eigenvalue weighted by Crippen LogP contribution is -2.59. The van der Waals surface area contributed by atoms with E-state index in [1.54, 1.807) is 0 Å². The van der Waals surface area contributed by atoms with Crippen LogP contribution < -0.4 is 0 Å². The summed E-state index contributed by atoms with van der Waals surface area (Å²) in [5.74, 6) is -0.321. The Hall–Kier alpha value is -0.810. The zero-order valence-corrected chi connectivity index (χ0v) is 23.9. The first-order valence-electron chi connectivity index (χ1n) is 15.1. The molecule has 6 atom stereocenters. The Kier molecular flexibility index (Phi) is 21.3. The summed E-state index contributed by atoms with van der Waals surface area (Å²) in [7, 11) is 0. The standard InChI is InChI=1S/C29H56O9/c1-3-5-7-9-11-12-13-14-16-18-25(31)37-23(21-35-19-17-15-10-8-6-4-2)22-36-29-28(34)27(33)26(32)24(20-30)38-29/h23-24,26-30,32-34H,3-22H2,1-2H3. The van der Waals surface area contributed by atoms with Crippen molar-refractivity contribution in [2.75, 3.05) is 26.4 Å². The number of aliphatic hydroxyl groups is 4. The monoisotopic (exact) mass is 548 g/mol. The molecule has 4 N–H and O–H groups in total. The highest BCUT2D eigenvalue weighted by molar-refractivity contribution is 5.69. The number of carbonyl (C=O) groups is 1. The number of hydrogen-bond donors (Lipinski definition) is 4. The zero-order chi connectivity index (χ0) is 28.0. The molecular formula is C29H56O9. The van der Waals surface area contributed by atoms with Gasteiger partial charge in [0.25, 0.3) is 0 Å². The third kappa shape index (κ3) is 15.7. The fraction of sp³-hybridized carbons (Fsp3) is 0.966. The van der Waals surface area contributed by atoms with Crippen molar-refractivity contribution < 1.29 is 44.2 Å². The summed E-state index contributed by atoms with van der Waals surface area (Å²) in [6, 6.07) is 0. The van der Waals surface area contributed by atoms with Gasteiger partial charge in [-0.05, 0) is 12.8 Å². The summed E-state index contributed by atoms with van der Waals surface area (Å²) in [4.78, 5) is 12.5. The molecule has 0 aromatic heterocycles. The molecule has 1 heterocycles. The Morgan fingerprint density at radius 1 is 0.737 bits per heavy atom. The first-order chi connectivity index (χ1) is 18.4. The highest BCUT2D eigenvalue weighted by atomic mass is 16.7. The van der Waals surface area contributed by atoms with Gasteiger partial charge in [0.05, 0.1) is 19.8 Å². The van der Waals surface area contributed by atoms with Gasteiger partial charge in [-0.15, -0.1) is 0 Å². The van der Waals surface area contributed by atoms with Gasteiger partial charge in [0.1, 0.15) is 30.5 Å². The SMILES string of the molecule is CCCCCCCCCCCC(=O)OC(COCCCCCCCC)COC1OC(CO)C(O)C(O)C1O. The molecule has 0 aromatic carbocycles. The predicted molar refractivity (Wildman–Crippen MR) is 146 cm³/mol. The van der Waals surface area contributed by atoms with E-state index >= 15 is 0 Å². The molecule has 0 bridgehead atoms. The molecule has 1 rings (SSSR count). The first kappa shape index (κ1) is 35.2. The average Bonchev–Trinajstić information content (AvgIpc) is 2.91. The highest BCUT2D eigenvalue weighted by Gasteiger charge is 2.44. The van der Waals surface area contributed by atoms with Crippen molar-refractivity contribution in [1.29, 1.82) is 0 Å². The molecule has 226 valence electrons. The molecule has 0 spiro atoms. The Morgan fingerprint density at radius 3 is 1.87 bits per heavy atom. The third-order valence-electron chi connectivity index (χ3n) is 7.02. The first-order valence-corrected chi connectivity index (χ1v) is 15.1. The molecule has 0 aliphatic carbocycles. The Bertz CT molecular complexity index is 560. The van der Waals surface area contributed by atoms with E-state index in [4.69, 9.17) is 18.9 Å². The Morgan fingerprint density at radius 2 is 1.29 bits per heavy atom. The van der Waals surface area contributed by atoms with Gasteiger partial charge in [-0.2, -0.15) is 0 Å². The summed E-state index contributed by atoms with van der Waals surface area (Å²) in [5, 5.41) is 39.5. The summed E-state index contributed by atoms with van der Waals surface area (Å²) >= 11 is 0. The van der Waals surface area contributed by atoms with Crippen LogP contribution in [0.15, 0.2) is 0 Å². The van der Waals surface area contributed by atoms with E-state index in [0.29, 0.717) is 13.0 Å². The molecule has 1 aliphatic heterocycles. The maximum Gasteiger partial charge on any atom is 0.306 e. The van der Waals surface area contributed by atoms with Gasteiger partial charge in [0.15, 0.2) is 6.29 Å². The molecule has 9 nitrogen and oxygen atoms in total. The average molecular weight is 549 g/mol. The summed E-state index contributed by atoms with van der Waals surface area (Å²) < 4.78 is 22.4. The molecule has 1 aliphatic rings. The fourth-order valence-electron chi connectivity index (χ4n) is 4.55. The minimum absolute atomic E-state index is 0.108. The molecule has 0 saturated carbocycles. The molecule has 0 aromatic rings. The number of esters is 1. The van der Waals surface area contributed by atoms with E-state index in [9.17, 15) is 25.2 Å². The quantitative estimate of drug-likeness (QED) is 0.104. The largest absolute Gasteiger partial charge is 0.457 e. The summed E-state index contributed by atoms with van der Waals surface area (Å²) in [5.41, 5.74) is 0. The van der Waals surface area contributed by atoms with Crippen LogP contribution in [0.25, 0.3) is 0 Å². The van der Waals surface area contributed by atoms with Crippen LogP contribution in [0.4, 0.5) is 0 Å². The van der Waals surface area contributed by atoms with Crippen molar-refractivity contribution in [3.05, 3.63) is 0 Å². The molecule has 9 heteroatoms. The van der Waals surface area contributed by atoms with E-state index in [2.05, 4.69) is 13.8 Å². The van der Waals surface area contributed by atoms with Crippen LogP contribution in [-0.2, 0) is 23.7 Å².